The van der Waals surface area contributed by atoms with Gasteiger partial charge < -0.3 is 4.90 Å². The summed E-state index contributed by atoms with van der Waals surface area (Å²) in [4.78, 5) is 27.5. The summed E-state index contributed by atoms with van der Waals surface area (Å²) in [7, 11) is 0.470. The fourth-order valence-electron chi connectivity index (χ4n) is 3.85. The van der Waals surface area contributed by atoms with Crippen LogP contribution >= 0.6 is 11.6 Å². The van der Waals surface area contributed by atoms with Gasteiger partial charge in [0.1, 0.15) is 10.6 Å². The zero-order valence-electron chi connectivity index (χ0n) is 18.8. The molecule has 0 radical (unpaired) electrons. The van der Waals surface area contributed by atoms with Gasteiger partial charge in [0.2, 0.25) is 0 Å². The van der Waals surface area contributed by atoms with Gasteiger partial charge in [0, 0.05) is 32.7 Å². The number of benzene rings is 2. The molecule has 10 heteroatoms. The van der Waals surface area contributed by atoms with Crippen LogP contribution in [0, 0.1) is 6.92 Å². The Hall–Kier alpha value is -3.04. The van der Waals surface area contributed by atoms with Gasteiger partial charge in [-0.25, -0.2) is 13.1 Å². The van der Waals surface area contributed by atoms with E-state index in [2.05, 4.69) is 0 Å². The predicted molar refractivity (Wildman–Crippen MR) is 128 cm³/mol. The summed E-state index contributed by atoms with van der Waals surface area (Å²) >= 11 is 6.26. The molecule has 0 unspecified atom stereocenters. The molecule has 0 bridgehead atoms. The van der Waals surface area contributed by atoms with Crippen molar-refractivity contribution in [2.45, 2.75) is 30.7 Å². The molecule has 1 amide bonds. The lowest BCUT2D eigenvalue weighted by Crippen LogP contribution is -2.32. The highest BCUT2D eigenvalue weighted by atomic mass is 35.5. The Kier molecular flexibility index (Phi) is 5.88. The molecule has 1 fully saturated rings. The summed E-state index contributed by atoms with van der Waals surface area (Å²) in [5.74, 6) is -0.268. The van der Waals surface area contributed by atoms with Gasteiger partial charge in [-0.05, 0) is 50.1 Å². The third kappa shape index (κ3) is 3.95. The largest absolute Gasteiger partial charge is 0.339 e. The molecule has 1 heterocycles. The van der Waals surface area contributed by atoms with Crippen LogP contribution in [0.2, 0.25) is 5.02 Å². The van der Waals surface area contributed by atoms with E-state index in [-0.39, 0.29) is 33.1 Å². The van der Waals surface area contributed by atoms with E-state index in [4.69, 9.17) is 11.6 Å². The van der Waals surface area contributed by atoms with Crippen molar-refractivity contribution in [1.29, 1.82) is 0 Å². The van der Waals surface area contributed by atoms with E-state index in [0.29, 0.717) is 11.4 Å². The van der Waals surface area contributed by atoms with Crippen LogP contribution in [-0.2, 0) is 17.1 Å². The van der Waals surface area contributed by atoms with Crippen LogP contribution in [0.4, 0.5) is 5.69 Å². The standard InChI is InChI=1S/C23H25ClN4O4S/c1-15-21(23(30)28(26(15)3)18-8-6-5-7-9-18)27(4)33(31,32)20-14-16(10-13-19(20)24)22(29)25(2)17-11-12-17/h5-10,13-14,17H,11-12H2,1-4H3. The second kappa shape index (κ2) is 8.39. The minimum Gasteiger partial charge on any atom is -0.339 e. The molecule has 0 aliphatic heterocycles. The maximum Gasteiger partial charge on any atom is 0.296 e. The fraction of sp³-hybridized carbons (Fsp3) is 0.304. The number of anilines is 1. The fourth-order valence-corrected chi connectivity index (χ4v) is 5.60. The molecule has 0 spiro atoms. The Morgan fingerprint density at radius 2 is 1.73 bits per heavy atom. The number of para-hydroxylation sites is 1. The van der Waals surface area contributed by atoms with Crippen LogP contribution in [0.15, 0.2) is 58.2 Å². The summed E-state index contributed by atoms with van der Waals surface area (Å²) in [6.45, 7) is 1.67. The van der Waals surface area contributed by atoms with Gasteiger partial charge in [-0.1, -0.05) is 29.8 Å². The molecule has 2 aromatic carbocycles. The summed E-state index contributed by atoms with van der Waals surface area (Å²) < 4.78 is 31.1. The summed E-state index contributed by atoms with van der Waals surface area (Å²) in [5, 5.41) is -0.0237. The van der Waals surface area contributed by atoms with Gasteiger partial charge >= 0.3 is 0 Å². The first-order valence-electron chi connectivity index (χ1n) is 10.5. The molecule has 0 saturated heterocycles. The SMILES string of the molecule is Cc1c(N(C)S(=O)(=O)c2cc(C(=O)N(C)C3CC3)ccc2Cl)c(=O)n(-c2ccccc2)n1C. The number of nitrogens with zero attached hydrogens (tertiary/aromatic N) is 4. The molecular formula is C23H25ClN4O4S. The molecule has 3 aromatic rings. The number of rotatable bonds is 6. The highest BCUT2D eigenvalue weighted by molar-refractivity contribution is 7.93. The average molecular weight is 489 g/mol. The van der Waals surface area contributed by atoms with Crippen molar-refractivity contribution < 1.29 is 13.2 Å². The summed E-state index contributed by atoms with van der Waals surface area (Å²) in [6.07, 6.45) is 1.87. The first kappa shape index (κ1) is 23.1. The van der Waals surface area contributed by atoms with E-state index in [0.717, 1.165) is 17.1 Å². The van der Waals surface area contributed by atoms with E-state index in [1.165, 1.54) is 29.9 Å². The number of aromatic nitrogens is 2. The van der Waals surface area contributed by atoms with Crippen LogP contribution < -0.4 is 9.86 Å². The van der Waals surface area contributed by atoms with Gasteiger partial charge in [-0.2, -0.15) is 0 Å². The maximum absolute atomic E-state index is 13.6. The lowest BCUT2D eigenvalue weighted by atomic mass is 10.2. The van der Waals surface area contributed by atoms with E-state index in [9.17, 15) is 18.0 Å². The topological polar surface area (TPSA) is 84.6 Å². The van der Waals surface area contributed by atoms with Gasteiger partial charge in [0.05, 0.1) is 16.4 Å². The van der Waals surface area contributed by atoms with Crippen molar-refractivity contribution in [2.75, 3.05) is 18.4 Å². The normalized spacial score (nSPS) is 13.7. The molecule has 1 aliphatic carbocycles. The number of sulfonamides is 1. The first-order valence-corrected chi connectivity index (χ1v) is 12.3. The van der Waals surface area contributed by atoms with Gasteiger partial charge in [-0.15, -0.1) is 0 Å². The zero-order valence-corrected chi connectivity index (χ0v) is 20.4. The smallest absolute Gasteiger partial charge is 0.296 e. The summed E-state index contributed by atoms with van der Waals surface area (Å²) in [6, 6.07) is 13.3. The quantitative estimate of drug-likeness (QED) is 0.533. The van der Waals surface area contributed by atoms with Gasteiger partial charge in [-0.3, -0.25) is 18.6 Å². The molecule has 0 N–H and O–H groups in total. The Morgan fingerprint density at radius 1 is 1.09 bits per heavy atom. The van der Waals surface area contributed by atoms with Crippen molar-refractivity contribution in [2.24, 2.45) is 7.05 Å². The van der Waals surface area contributed by atoms with Crippen LogP contribution in [0.3, 0.4) is 0 Å². The molecule has 8 nitrogen and oxygen atoms in total. The van der Waals surface area contributed by atoms with Crippen molar-refractivity contribution in [3.63, 3.8) is 0 Å². The van der Waals surface area contributed by atoms with Crippen molar-refractivity contribution >= 4 is 33.2 Å². The molecular weight excluding hydrogens is 464 g/mol. The van der Waals surface area contributed by atoms with Crippen LogP contribution in [0.25, 0.3) is 5.69 Å². The first-order chi connectivity index (χ1) is 15.6. The number of carbonyl (C=O) groups is 1. The van der Waals surface area contributed by atoms with Crippen molar-refractivity contribution in [1.82, 2.24) is 14.3 Å². The van der Waals surface area contributed by atoms with Crippen molar-refractivity contribution in [3.05, 3.63) is 75.2 Å². The minimum absolute atomic E-state index is 0.00393. The number of carbonyl (C=O) groups excluding carboxylic acids is 1. The Labute approximate surface area is 197 Å². The minimum atomic E-state index is -4.24. The lowest BCUT2D eigenvalue weighted by Gasteiger charge is -2.20. The van der Waals surface area contributed by atoms with E-state index in [1.54, 1.807) is 54.9 Å². The second-order valence-corrected chi connectivity index (χ2v) is 10.5. The third-order valence-electron chi connectivity index (χ3n) is 6.07. The lowest BCUT2D eigenvalue weighted by molar-refractivity contribution is 0.0785. The van der Waals surface area contributed by atoms with Gasteiger partial charge in [0.15, 0.2) is 0 Å². The van der Waals surface area contributed by atoms with Crippen LogP contribution in [0.5, 0.6) is 0 Å². The molecule has 4 rings (SSSR count). The zero-order chi connectivity index (χ0) is 24.1. The molecule has 174 valence electrons. The van der Waals surface area contributed by atoms with E-state index >= 15 is 0 Å². The molecule has 1 aromatic heterocycles. The highest BCUT2D eigenvalue weighted by Crippen LogP contribution is 2.31. The van der Waals surface area contributed by atoms with Crippen LogP contribution in [0.1, 0.15) is 28.9 Å². The monoisotopic (exact) mass is 488 g/mol. The molecule has 33 heavy (non-hydrogen) atoms. The van der Waals surface area contributed by atoms with Gasteiger partial charge in [0.25, 0.3) is 21.5 Å². The summed E-state index contributed by atoms with van der Waals surface area (Å²) in [5.41, 5.74) is 0.825. The maximum atomic E-state index is 13.6. The predicted octanol–water partition coefficient (Wildman–Crippen LogP) is 3.20. The second-order valence-electron chi connectivity index (χ2n) is 8.18. The molecule has 1 saturated carbocycles. The molecule has 0 atom stereocenters. The van der Waals surface area contributed by atoms with Crippen LogP contribution in [-0.4, -0.2) is 48.7 Å². The Balaban J connectivity index is 1.78. The number of hydrogen-bond acceptors (Lipinski definition) is 4. The number of halogens is 1. The molecule has 1 aliphatic rings. The Morgan fingerprint density at radius 3 is 2.33 bits per heavy atom. The number of hydrogen-bond donors (Lipinski definition) is 0. The third-order valence-corrected chi connectivity index (χ3v) is 8.31. The highest BCUT2D eigenvalue weighted by Gasteiger charge is 2.33. The van der Waals surface area contributed by atoms with E-state index in [1.807, 2.05) is 6.07 Å². The van der Waals surface area contributed by atoms with E-state index < -0.39 is 15.6 Å². The average Bonchev–Trinajstić information content (AvgIpc) is 3.61. The number of amides is 1. The Bertz CT molecular complexity index is 1390. The van der Waals surface area contributed by atoms with Crippen molar-refractivity contribution in [3.8, 4) is 5.69 Å².